The van der Waals surface area contributed by atoms with Crippen LogP contribution in [0.4, 0.5) is 0 Å². The number of carbonyl (C=O) groups excluding carboxylic acids is 1. The minimum Gasteiger partial charge on any atom is -0.497 e. The first-order valence-corrected chi connectivity index (χ1v) is 11.2. The summed E-state index contributed by atoms with van der Waals surface area (Å²) in [4.78, 5) is 12.3. The Balaban J connectivity index is 1.81. The van der Waals surface area contributed by atoms with Crippen LogP contribution in [0.1, 0.15) is 16.4 Å². The Morgan fingerprint density at radius 1 is 1.04 bits per heavy atom. The van der Waals surface area contributed by atoms with Crippen LogP contribution in [0.2, 0.25) is 0 Å². The number of nitrogens with one attached hydrogen (secondary N) is 1. The van der Waals surface area contributed by atoms with Crippen molar-refractivity contribution in [3.63, 3.8) is 0 Å². The van der Waals surface area contributed by atoms with E-state index in [4.69, 9.17) is 4.74 Å². The molecule has 0 bridgehead atoms. The van der Waals surface area contributed by atoms with Crippen molar-refractivity contribution >= 4 is 27.1 Å². The van der Waals surface area contributed by atoms with E-state index in [-0.39, 0.29) is 23.1 Å². The minimum atomic E-state index is -3.64. The van der Waals surface area contributed by atoms with Gasteiger partial charge in [0.15, 0.2) is 9.84 Å². The van der Waals surface area contributed by atoms with E-state index < -0.39 is 15.1 Å². The van der Waals surface area contributed by atoms with Crippen molar-refractivity contribution < 1.29 is 17.9 Å². The van der Waals surface area contributed by atoms with Gasteiger partial charge in [0, 0.05) is 6.54 Å². The Kier molecular flexibility index (Phi) is 6.49. The van der Waals surface area contributed by atoms with E-state index in [1.54, 1.807) is 48.9 Å². The zero-order chi connectivity index (χ0) is 20.0. The molecule has 3 aromatic rings. The van der Waals surface area contributed by atoms with Crippen LogP contribution in [-0.2, 0) is 21.1 Å². The second kappa shape index (κ2) is 9.03. The molecule has 0 spiro atoms. The molecular formula is C21H21NO4S2. The predicted octanol–water partition coefficient (Wildman–Crippen LogP) is 3.63. The summed E-state index contributed by atoms with van der Waals surface area (Å²) >= 11 is 1.17. The lowest BCUT2D eigenvalue weighted by Gasteiger charge is -2.18. The van der Waals surface area contributed by atoms with Crippen molar-refractivity contribution in [2.24, 2.45) is 0 Å². The molecule has 0 aliphatic heterocycles. The van der Waals surface area contributed by atoms with E-state index in [0.29, 0.717) is 11.3 Å². The zero-order valence-corrected chi connectivity index (χ0v) is 17.0. The molecule has 28 heavy (non-hydrogen) atoms. The largest absolute Gasteiger partial charge is 0.497 e. The normalized spacial score (nSPS) is 12.3. The molecule has 0 unspecified atom stereocenters. The van der Waals surface area contributed by atoms with Crippen LogP contribution < -0.4 is 10.1 Å². The van der Waals surface area contributed by atoms with Crippen LogP contribution in [0.3, 0.4) is 0 Å². The highest BCUT2D eigenvalue weighted by Gasteiger charge is 2.30. The van der Waals surface area contributed by atoms with Crippen LogP contribution in [0.5, 0.6) is 5.75 Å². The third-order valence-corrected chi connectivity index (χ3v) is 7.86. The second-order valence-electron chi connectivity index (χ2n) is 6.21. The summed E-state index contributed by atoms with van der Waals surface area (Å²) in [5, 5.41) is 3.63. The van der Waals surface area contributed by atoms with Gasteiger partial charge in [-0.25, -0.2) is 8.42 Å². The van der Waals surface area contributed by atoms with Gasteiger partial charge in [-0.05, 0) is 34.7 Å². The number of ether oxygens (including phenoxy) is 1. The maximum atomic E-state index is 13.1. The predicted molar refractivity (Wildman–Crippen MR) is 110 cm³/mol. The van der Waals surface area contributed by atoms with Crippen LogP contribution in [-0.4, -0.2) is 28.0 Å². The molecule has 0 aliphatic carbocycles. The highest BCUT2D eigenvalue weighted by Crippen LogP contribution is 2.32. The molecule has 5 nitrogen and oxygen atoms in total. The Labute approximate surface area is 168 Å². The van der Waals surface area contributed by atoms with E-state index in [9.17, 15) is 13.2 Å². The molecule has 1 heterocycles. The summed E-state index contributed by atoms with van der Waals surface area (Å²) in [5.74, 6) is 0.426. The highest BCUT2D eigenvalue weighted by atomic mass is 32.2. The summed E-state index contributed by atoms with van der Waals surface area (Å²) in [5.41, 5.74) is 1.48. The molecule has 0 saturated carbocycles. The molecule has 0 fully saturated rings. The molecule has 1 amide bonds. The lowest BCUT2D eigenvalue weighted by molar-refractivity contribution is -0.120. The number of methoxy groups -OCH3 is 1. The molecule has 1 atom stereocenters. The number of rotatable bonds is 8. The monoisotopic (exact) mass is 415 g/mol. The number of carbonyl (C=O) groups is 1. The van der Waals surface area contributed by atoms with Gasteiger partial charge in [0.25, 0.3) is 0 Å². The molecule has 1 aromatic heterocycles. The van der Waals surface area contributed by atoms with Crippen LogP contribution >= 0.6 is 11.3 Å². The van der Waals surface area contributed by atoms with E-state index in [0.717, 1.165) is 5.56 Å². The lowest BCUT2D eigenvalue weighted by atomic mass is 10.1. The average molecular weight is 416 g/mol. The van der Waals surface area contributed by atoms with Crippen LogP contribution in [0.15, 0.2) is 76.3 Å². The van der Waals surface area contributed by atoms with Crippen molar-refractivity contribution in [2.75, 3.05) is 13.7 Å². The summed E-state index contributed by atoms with van der Waals surface area (Å²) in [6.45, 7) is -0.00176. The molecule has 2 aromatic carbocycles. The third kappa shape index (κ3) is 4.79. The summed E-state index contributed by atoms with van der Waals surface area (Å²) in [7, 11) is -2.08. The topological polar surface area (TPSA) is 72.5 Å². The third-order valence-electron chi connectivity index (χ3n) is 4.33. The first-order valence-electron chi connectivity index (χ1n) is 8.72. The van der Waals surface area contributed by atoms with Gasteiger partial charge in [-0.3, -0.25) is 4.79 Å². The Hall–Kier alpha value is -2.64. The number of hydrogen-bond donors (Lipinski definition) is 1. The van der Waals surface area contributed by atoms with Crippen molar-refractivity contribution in [2.45, 2.75) is 15.9 Å². The van der Waals surface area contributed by atoms with Gasteiger partial charge >= 0.3 is 0 Å². The number of amides is 1. The highest BCUT2D eigenvalue weighted by molar-refractivity contribution is 7.93. The van der Waals surface area contributed by atoms with Crippen molar-refractivity contribution in [1.29, 1.82) is 0 Å². The van der Waals surface area contributed by atoms with E-state index in [1.807, 2.05) is 30.3 Å². The maximum absolute atomic E-state index is 13.1. The smallest absolute Gasteiger partial charge is 0.224 e. The molecule has 0 aliphatic rings. The van der Waals surface area contributed by atoms with Crippen LogP contribution in [0.25, 0.3) is 0 Å². The van der Waals surface area contributed by atoms with E-state index in [1.165, 1.54) is 11.3 Å². The van der Waals surface area contributed by atoms with Crippen molar-refractivity contribution in [1.82, 2.24) is 5.32 Å². The molecule has 7 heteroatoms. The number of benzene rings is 2. The van der Waals surface area contributed by atoms with Gasteiger partial charge in [0.05, 0.1) is 13.5 Å². The van der Waals surface area contributed by atoms with Crippen molar-refractivity contribution in [3.8, 4) is 5.75 Å². The summed E-state index contributed by atoms with van der Waals surface area (Å²) in [6.07, 6.45) is 0.204. The first kappa shape index (κ1) is 20.1. The summed E-state index contributed by atoms with van der Waals surface area (Å²) in [6, 6.07) is 19.5. The summed E-state index contributed by atoms with van der Waals surface area (Å²) < 4.78 is 31.7. The van der Waals surface area contributed by atoms with Gasteiger partial charge in [0.2, 0.25) is 5.91 Å². The Bertz CT molecular complexity index is 998. The molecule has 1 N–H and O–H groups in total. The Morgan fingerprint density at radius 2 is 1.75 bits per heavy atom. The fourth-order valence-corrected chi connectivity index (χ4v) is 5.71. The minimum absolute atomic E-state index is 0.00176. The fourth-order valence-electron chi connectivity index (χ4n) is 2.84. The molecule has 0 saturated heterocycles. The van der Waals surface area contributed by atoms with Crippen molar-refractivity contribution in [3.05, 3.63) is 83.2 Å². The molecule has 146 valence electrons. The second-order valence-corrected chi connectivity index (χ2v) is 9.51. The standard InChI is InChI=1S/C21H21NO4S2/c1-26-18-11-9-17(10-12-18)19(28(24,25)21-8-5-13-27-21)15-22-20(23)14-16-6-3-2-4-7-16/h2-13,19H,14-15H2,1H3,(H,22,23)/t19-/m0/s1. The SMILES string of the molecule is COc1ccc([C@H](CNC(=O)Cc2ccccc2)S(=O)(=O)c2cccs2)cc1. The van der Waals surface area contributed by atoms with Gasteiger partial charge in [-0.2, -0.15) is 0 Å². The van der Waals surface area contributed by atoms with E-state index >= 15 is 0 Å². The molecule has 3 rings (SSSR count). The fraction of sp³-hybridized carbons (Fsp3) is 0.190. The number of sulfone groups is 1. The zero-order valence-electron chi connectivity index (χ0n) is 15.4. The lowest BCUT2D eigenvalue weighted by Crippen LogP contribution is -2.32. The van der Waals surface area contributed by atoms with Gasteiger partial charge in [-0.1, -0.05) is 48.5 Å². The Morgan fingerprint density at radius 3 is 2.36 bits per heavy atom. The maximum Gasteiger partial charge on any atom is 0.224 e. The number of hydrogen-bond acceptors (Lipinski definition) is 5. The van der Waals surface area contributed by atoms with Gasteiger partial charge in [-0.15, -0.1) is 11.3 Å². The number of thiophene rings is 1. The quantitative estimate of drug-likeness (QED) is 0.610. The van der Waals surface area contributed by atoms with E-state index in [2.05, 4.69) is 5.32 Å². The van der Waals surface area contributed by atoms with Gasteiger partial charge < -0.3 is 10.1 Å². The average Bonchev–Trinajstić information content (AvgIpc) is 3.25. The molecule has 0 radical (unpaired) electrons. The van der Waals surface area contributed by atoms with Gasteiger partial charge in [0.1, 0.15) is 15.2 Å². The first-order chi connectivity index (χ1) is 13.5. The molecular weight excluding hydrogens is 394 g/mol. The van der Waals surface area contributed by atoms with Crippen LogP contribution in [0, 0.1) is 0 Å².